The third-order valence-electron chi connectivity index (χ3n) is 1.89. The molecule has 0 aromatic carbocycles. The van der Waals surface area contributed by atoms with Crippen LogP contribution in [0.3, 0.4) is 0 Å². The molecule has 0 amide bonds. The van der Waals surface area contributed by atoms with Crippen LogP contribution < -0.4 is 0 Å². The molecule has 0 aromatic rings. The van der Waals surface area contributed by atoms with Crippen molar-refractivity contribution in [3.8, 4) is 0 Å². The summed E-state index contributed by atoms with van der Waals surface area (Å²) in [6, 6.07) is 0.538. The molecule has 0 spiro atoms. The van der Waals surface area contributed by atoms with Crippen molar-refractivity contribution in [1.29, 1.82) is 0 Å². The predicted molar refractivity (Wildman–Crippen MR) is 55.7 cm³/mol. The summed E-state index contributed by atoms with van der Waals surface area (Å²) in [5, 5.41) is 1.03. The first-order valence-electron chi connectivity index (χ1n) is 4.58. The van der Waals surface area contributed by atoms with Gasteiger partial charge in [-0.1, -0.05) is 15.9 Å². The molecule has 0 heterocycles. The maximum atomic E-state index is 11.9. The van der Waals surface area contributed by atoms with Crippen LogP contribution in [0.5, 0.6) is 0 Å². The highest BCUT2D eigenvalue weighted by atomic mass is 79.9. The summed E-state index contributed by atoms with van der Waals surface area (Å²) in [6.45, 7) is 6.08. The Labute approximate surface area is 83.5 Å². The van der Waals surface area contributed by atoms with Gasteiger partial charge in [0.2, 0.25) is 0 Å². The van der Waals surface area contributed by atoms with Crippen LogP contribution in [0.25, 0.3) is 0 Å². The molecule has 3 heteroatoms. The van der Waals surface area contributed by atoms with Gasteiger partial charge in [-0.05, 0) is 33.2 Å². The molecule has 0 aliphatic heterocycles. The van der Waals surface area contributed by atoms with Gasteiger partial charge in [-0.3, -0.25) is 4.39 Å². The zero-order valence-corrected chi connectivity index (χ0v) is 9.61. The van der Waals surface area contributed by atoms with E-state index in [4.69, 9.17) is 0 Å². The monoisotopic (exact) mass is 239 g/mol. The highest BCUT2D eigenvalue weighted by Gasteiger charge is 2.07. The van der Waals surface area contributed by atoms with E-state index in [2.05, 4.69) is 34.7 Å². The average molecular weight is 240 g/mol. The minimum absolute atomic E-state index is 0.197. The Bertz CT molecular complexity index is 90.5. The van der Waals surface area contributed by atoms with Crippen molar-refractivity contribution in [2.75, 3.05) is 25.1 Å². The number of nitrogens with zero attached hydrogens (tertiary/aromatic N) is 1. The zero-order valence-electron chi connectivity index (χ0n) is 8.02. The fourth-order valence-electron chi connectivity index (χ4n) is 1.15. The Morgan fingerprint density at radius 2 is 1.83 bits per heavy atom. The largest absolute Gasteiger partial charge is 0.301 e. The van der Waals surface area contributed by atoms with E-state index in [1.165, 1.54) is 0 Å². The van der Waals surface area contributed by atoms with Gasteiger partial charge < -0.3 is 4.90 Å². The van der Waals surface area contributed by atoms with Crippen molar-refractivity contribution < 1.29 is 4.39 Å². The topological polar surface area (TPSA) is 3.24 Å². The first kappa shape index (κ1) is 12.4. The van der Waals surface area contributed by atoms with Gasteiger partial charge >= 0.3 is 0 Å². The normalized spacial score (nSPS) is 11.5. The van der Waals surface area contributed by atoms with Gasteiger partial charge in [0.1, 0.15) is 0 Å². The molecule has 0 saturated heterocycles. The molecule has 0 aliphatic rings. The van der Waals surface area contributed by atoms with Crippen LogP contribution in [0.1, 0.15) is 26.7 Å². The van der Waals surface area contributed by atoms with E-state index in [9.17, 15) is 4.39 Å². The maximum absolute atomic E-state index is 11.9. The Hall–Kier alpha value is 0.370. The molecule has 0 aromatic heterocycles. The minimum Gasteiger partial charge on any atom is -0.301 e. The van der Waals surface area contributed by atoms with Crippen LogP contribution in [0.4, 0.5) is 4.39 Å². The average Bonchev–Trinajstić information content (AvgIpc) is 2.04. The van der Waals surface area contributed by atoms with Gasteiger partial charge in [-0.15, -0.1) is 0 Å². The van der Waals surface area contributed by atoms with Crippen LogP contribution in [0.2, 0.25) is 0 Å². The van der Waals surface area contributed by atoms with Gasteiger partial charge in [0, 0.05) is 17.9 Å². The summed E-state index contributed by atoms with van der Waals surface area (Å²) in [4.78, 5) is 2.32. The lowest BCUT2D eigenvalue weighted by atomic mass is 10.2. The Balaban J connectivity index is 3.55. The molecular formula is C9H19BrFN. The highest BCUT2D eigenvalue weighted by molar-refractivity contribution is 9.09. The predicted octanol–water partition coefficient (Wildman–Crippen LogP) is 2.84. The van der Waals surface area contributed by atoms with E-state index in [-0.39, 0.29) is 6.67 Å². The van der Waals surface area contributed by atoms with E-state index < -0.39 is 0 Å². The molecule has 0 fully saturated rings. The second kappa shape index (κ2) is 7.99. The summed E-state index contributed by atoms with van der Waals surface area (Å²) in [5.74, 6) is 0. The first-order chi connectivity index (χ1) is 5.72. The summed E-state index contributed by atoms with van der Waals surface area (Å²) in [6.07, 6.45) is 1.81. The van der Waals surface area contributed by atoms with Crippen molar-refractivity contribution in [1.82, 2.24) is 4.90 Å². The lowest BCUT2D eigenvalue weighted by Gasteiger charge is -2.25. The first-order valence-corrected chi connectivity index (χ1v) is 5.70. The molecule has 0 bridgehead atoms. The van der Waals surface area contributed by atoms with E-state index in [1.807, 2.05) is 0 Å². The Kier molecular flexibility index (Phi) is 8.24. The van der Waals surface area contributed by atoms with Crippen LogP contribution in [0.15, 0.2) is 0 Å². The third kappa shape index (κ3) is 5.95. The van der Waals surface area contributed by atoms with E-state index in [0.717, 1.165) is 24.8 Å². The maximum Gasteiger partial charge on any atom is 0.0906 e. The molecule has 0 rings (SSSR count). The summed E-state index contributed by atoms with van der Waals surface area (Å²) >= 11 is 3.39. The van der Waals surface area contributed by atoms with Crippen molar-refractivity contribution in [3.05, 3.63) is 0 Å². The zero-order chi connectivity index (χ0) is 9.40. The number of alkyl halides is 2. The van der Waals surface area contributed by atoms with Crippen molar-refractivity contribution in [2.24, 2.45) is 0 Å². The molecule has 1 nitrogen and oxygen atoms in total. The highest BCUT2D eigenvalue weighted by Crippen LogP contribution is 2.02. The lowest BCUT2D eigenvalue weighted by Crippen LogP contribution is -2.33. The molecule has 0 aliphatic carbocycles. The quantitative estimate of drug-likeness (QED) is 0.618. The fourth-order valence-corrected chi connectivity index (χ4v) is 1.40. The SMILES string of the molecule is CC(C)N(CCCF)CCCBr. The summed E-state index contributed by atoms with van der Waals surface area (Å²) in [7, 11) is 0. The molecule has 0 saturated carbocycles. The minimum atomic E-state index is -0.197. The summed E-state index contributed by atoms with van der Waals surface area (Å²) < 4.78 is 11.9. The van der Waals surface area contributed by atoms with E-state index in [1.54, 1.807) is 0 Å². The third-order valence-corrected chi connectivity index (χ3v) is 2.45. The number of rotatable bonds is 7. The standard InChI is InChI=1S/C9H19BrFN/c1-9(2)12(7-3-5-10)8-4-6-11/h9H,3-8H2,1-2H3. The fraction of sp³-hybridized carbons (Fsp3) is 1.00. The van der Waals surface area contributed by atoms with Crippen LogP contribution in [-0.4, -0.2) is 36.0 Å². The van der Waals surface area contributed by atoms with Gasteiger partial charge in [-0.2, -0.15) is 0 Å². The number of hydrogen-bond donors (Lipinski definition) is 0. The molecular weight excluding hydrogens is 221 g/mol. The van der Waals surface area contributed by atoms with E-state index in [0.29, 0.717) is 12.5 Å². The Morgan fingerprint density at radius 1 is 1.25 bits per heavy atom. The van der Waals surface area contributed by atoms with Crippen molar-refractivity contribution >= 4 is 15.9 Å². The molecule has 0 unspecified atom stereocenters. The second-order valence-corrected chi connectivity index (χ2v) is 4.01. The lowest BCUT2D eigenvalue weighted by molar-refractivity contribution is 0.213. The molecule has 0 atom stereocenters. The van der Waals surface area contributed by atoms with E-state index >= 15 is 0 Å². The summed E-state index contributed by atoms with van der Waals surface area (Å²) in [5.41, 5.74) is 0. The number of halogens is 2. The van der Waals surface area contributed by atoms with Crippen molar-refractivity contribution in [3.63, 3.8) is 0 Å². The molecule has 0 radical (unpaired) electrons. The van der Waals surface area contributed by atoms with Crippen LogP contribution in [-0.2, 0) is 0 Å². The van der Waals surface area contributed by atoms with Crippen molar-refractivity contribution in [2.45, 2.75) is 32.7 Å². The molecule has 74 valence electrons. The van der Waals surface area contributed by atoms with Gasteiger partial charge in [0.15, 0.2) is 0 Å². The molecule has 12 heavy (non-hydrogen) atoms. The van der Waals surface area contributed by atoms with Crippen LogP contribution >= 0.6 is 15.9 Å². The smallest absolute Gasteiger partial charge is 0.0906 e. The Morgan fingerprint density at radius 3 is 2.25 bits per heavy atom. The van der Waals surface area contributed by atoms with Crippen LogP contribution in [0, 0.1) is 0 Å². The second-order valence-electron chi connectivity index (χ2n) is 3.21. The molecule has 0 N–H and O–H groups in total. The van der Waals surface area contributed by atoms with Gasteiger partial charge in [0.05, 0.1) is 6.67 Å². The number of hydrogen-bond acceptors (Lipinski definition) is 1. The van der Waals surface area contributed by atoms with Gasteiger partial charge in [0.25, 0.3) is 0 Å². The van der Waals surface area contributed by atoms with Gasteiger partial charge in [-0.25, -0.2) is 0 Å².